The van der Waals surface area contributed by atoms with Gasteiger partial charge in [0.2, 0.25) is 5.91 Å². The van der Waals surface area contributed by atoms with Gasteiger partial charge in [-0.05, 0) is 24.3 Å². The van der Waals surface area contributed by atoms with Crippen LogP contribution in [0.25, 0.3) is 11.0 Å². The van der Waals surface area contributed by atoms with E-state index in [1.54, 1.807) is 37.4 Å². The van der Waals surface area contributed by atoms with E-state index in [2.05, 4.69) is 10.9 Å². The lowest BCUT2D eigenvalue weighted by Crippen LogP contribution is -2.42. The molecule has 0 saturated carbocycles. The van der Waals surface area contributed by atoms with Gasteiger partial charge in [0.1, 0.15) is 17.1 Å². The summed E-state index contributed by atoms with van der Waals surface area (Å²) < 4.78 is 10.5. The standard InChI is InChI=1S/C18H16N2O5/c1-24-12-6-7-13-11(10-25-16(13)9-12)8-17(22)19-20-18(23)14-4-2-3-5-15(14)21/h2-7,9-10,21H,8H2,1H3,(H,19,22)(H,20,23). The fourth-order valence-corrected chi connectivity index (χ4v) is 2.40. The van der Waals surface area contributed by atoms with E-state index in [-0.39, 0.29) is 17.7 Å². The number of rotatable bonds is 4. The molecule has 0 spiro atoms. The Balaban J connectivity index is 1.63. The average molecular weight is 340 g/mol. The van der Waals surface area contributed by atoms with Crippen molar-refractivity contribution in [2.24, 2.45) is 0 Å². The number of carbonyl (C=O) groups excluding carboxylic acids is 2. The molecule has 0 aliphatic carbocycles. The minimum atomic E-state index is -0.603. The molecule has 7 heteroatoms. The first-order valence-corrected chi connectivity index (χ1v) is 7.50. The van der Waals surface area contributed by atoms with E-state index >= 15 is 0 Å². The van der Waals surface area contributed by atoms with Crippen molar-refractivity contribution in [2.45, 2.75) is 6.42 Å². The first-order valence-electron chi connectivity index (χ1n) is 7.50. The molecule has 7 nitrogen and oxygen atoms in total. The van der Waals surface area contributed by atoms with Crippen LogP contribution < -0.4 is 15.6 Å². The highest BCUT2D eigenvalue weighted by Crippen LogP contribution is 2.25. The Bertz CT molecular complexity index is 932. The maximum Gasteiger partial charge on any atom is 0.273 e. The molecule has 2 amide bonds. The van der Waals surface area contributed by atoms with Crippen LogP contribution in [0, 0.1) is 0 Å². The predicted molar refractivity (Wildman–Crippen MR) is 90.2 cm³/mol. The van der Waals surface area contributed by atoms with E-state index in [4.69, 9.17) is 9.15 Å². The van der Waals surface area contributed by atoms with Crippen molar-refractivity contribution in [3.8, 4) is 11.5 Å². The van der Waals surface area contributed by atoms with Crippen LogP contribution in [-0.2, 0) is 11.2 Å². The molecular weight excluding hydrogens is 324 g/mol. The van der Waals surface area contributed by atoms with Crippen LogP contribution in [0.4, 0.5) is 0 Å². The van der Waals surface area contributed by atoms with Gasteiger partial charge in [-0.15, -0.1) is 0 Å². The summed E-state index contributed by atoms with van der Waals surface area (Å²) in [5.41, 5.74) is 5.96. The lowest BCUT2D eigenvalue weighted by Gasteiger charge is -2.08. The highest BCUT2D eigenvalue weighted by molar-refractivity contribution is 5.98. The quantitative estimate of drug-likeness (QED) is 0.632. The number of amides is 2. The highest BCUT2D eigenvalue weighted by atomic mass is 16.5. The number of aromatic hydroxyl groups is 1. The Kier molecular flexibility index (Phi) is 4.56. The van der Waals surface area contributed by atoms with Gasteiger partial charge >= 0.3 is 0 Å². The highest BCUT2D eigenvalue weighted by Gasteiger charge is 2.14. The molecule has 1 aromatic heterocycles. The molecule has 0 aliphatic rings. The van der Waals surface area contributed by atoms with Crippen molar-refractivity contribution >= 4 is 22.8 Å². The fourth-order valence-electron chi connectivity index (χ4n) is 2.40. The monoisotopic (exact) mass is 340 g/mol. The third-order valence-electron chi connectivity index (χ3n) is 3.68. The molecule has 128 valence electrons. The second kappa shape index (κ2) is 6.96. The van der Waals surface area contributed by atoms with E-state index in [0.29, 0.717) is 16.9 Å². The maximum absolute atomic E-state index is 12.0. The summed E-state index contributed by atoms with van der Waals surface area (Å²) >= 11 is 0. The largest absolute Gasteiger partial charge is 0.507 e. The molecular formula is C18H16N2O5. The summed E-state index contributed by atoms with van der Waals surface area (Å²) in [6, 6.07) is 11.4. The molecule has 0 saturated heterocycles. The zero-order valence-corrected chi connectivity index (χ0v) is 13.4. The molecule has 1 heterocycles. The van der Waals surface area contributed by atoms with Crippen molar-refractivity contribution in [3.63, 3.8) is 0 Å². The van der Waals surface area contributed by atoms with Crippen molar-refractivity contribution in [3.05, 3.63) is 59.9 Å². The SMILES string of the molecule is COc1ccc2c(CC(=O)NNC(=O)c3ccccc3O)coc2c1. The molecule has 2 aromatic carbocycles. The summed E-state index contributed by atoms with van der Waals surface area (Å²) in [6.45, 7) is 0. The Labute approximate surface area is 143 Å². The van der Waals surface area contributed by atoms with E-state index in [0.717, 1.165) is 5.39 Å². The lowest BCUT2D eigenvalue weighted by molar-refractivity contribution is -0.121. The van der Waals surface area contributed by atoms with Crippen LogP contribution in [0.1, 0.15) is 15.9 Å². The third kappa shape index (κ3) is 3.55. The number of phenols is 1. The summed E-state index contributed by atoms with van der Waals surface area (Å²) in [4.78, 5) is 24.0. The number of phenolic OH excluding ortho intramolecular Hbond substituents is 1. The zero-order valence-electron chi connectivity index (χ0n) is 13.4. The maximum atomic E-state index is 12.0. The van der Waals surface area contributed by atoms with Gasteiger partial charge < -0.3 is 14.3 Å². The number of fused-ring (bicyclic) bond motifs is 1. The molecule has 0 unspecified atom stereocenters. The normalized spacial score (nSPS) is 10.4. The molecule has 0 fully saturated rings. The number of hydrazine groups is 1. The van der Waals surface area contributed by atoms with Crippen LogP contribution in [0.15, 0.2) is 53.1 Å². The number of methoxy groups -OCH3 is 1. The van der Waals surface area contributed by atoms with Crippen LogP contribution in [-0.4, -0.2) is 24.0 Å². The summed E-state index contributed by atoms with van der Waals surface area (Å²) in [7, 11) is 1.56. The molecule has 3 aromatic rings. The van der Waals surface area contributed by atoms with Crippen molar-refractivity contribution in [1.29, 1.82) is 0 Å². The van der Waals surface area contributed by atoms with E-state index in [1.807, 2.05) is 0 Å². The molecule has 3 N–H and O–H groups in total. The smallest absolute Gasteiger partial charge is 0.273 e. The number of nitrogens with one attached hydrogen (secondary N) is 2. The van der Waals surface area contributed by atoms with Gasteiger partial charge in [0.15, 0.2) is 0 Å². The van der Waals surface area contributed by atoms with Gasteiger partial charge in [0, 0.05) is 17.0 Å². The van der Waals surface area contributed by atoms with Crippen LogP contribution in [0.2, 0.25) is 0 Å². The number of hydrogen-bond donors (Lipinski definition) is 3. The second-order valence-corrected chi connectivity index (χ2v) is 5.32. The first-order chi connectivity index (χ1) is 12.1. The Morgan fingerprint density at radius 2 is 1.96 bits per heavy atom. The number of carbonyl (C=O) groups is 2. The number of furan rings is 1. The van der Waals surface area contributed by atoms with Gasteiger partial charge in [-0.3, -0.25) is 20.4 Å². The number of benzene rings is 2. The van der Waals surface area contributed by atoms with E-state index in [1.165, 1.54) is 18.4 Å². The molecule has 0 atom stereocenters. The van der Waals surface area contributed by atoms with Gasteiger partial charge in [-0.25, -0.2) is 0 Å². The van der Waals surface area contributed by atoms with E-state index in [9.17, 15) is 14.7 Å². The van der Waals surface area contributed by atoms with Crippen molar-refractivity contribution in [2.75, 3.05) is 7.11 Å². The minimum absolute atomic E-state index is 0.0282. The number of para-hydroxylation sites is 1. The third-order valence-corrected chi connectivity index (χ3v) is 3.68. The van der Waals surface area contributed by atoms with Crippen LogP contribution in [0.3, 0.4) is 0 Å². The van der Waals surface area contributed by atoms with Gasteiger partial charge in [0.05, 0.1) is 25.4 Å². The number of ether oxygens (including phenoxy) is 1. The molecule has 0 bridgehead atoms. The Hall–Kier alpha value is -3.48. The van der Waals surface area contributed by atoms with Crippen molar-refractivity contribution < 1.29 is 23.8 Å². The fraction of sp³-hybridized carbons (Fsp3) is 0.111. The van der Waals surface area contributed by atoms with Gasteiger partial charge in [-0.1, -0.05) is 12.1 Å². The Morgan fingerprint density at radius 3 is 2.72 bits per heavy atom. The van der Waals surface area contributed by atoms with Gasteiger partial charge in [0.25, 0.3) is 5.91 Å². The predicted octanol–water partition coefficient (Wildman–Crippen LogP) is 2.15. The zero-order chi connectivity index (χ0) is 17.8. The Morgan fingerprint density at radius 1 is 1.16 bits per heavy atom. The topological polar surface area (TPSA) is 101 Å². The minimum Gasteiger partial charge on any atom is -0.507 e. The lowest BCUT2D eigenvalue weighted by atomic mass is 10.1. The molecule has 0 radical (unpaired) electrons. The van der Waals surface area contributed by atoms with Crippen LogP contribution in [0.5, 0.6) is 11.5 Å². The number of hydrogen-bond acceptors (Lipinski definition) is 5. The molecule has 3 rings (SSSR count). The van der Waals surface area contributed by atoms with Crippen molar-refractivity contribution in [1.82, 2.24) is 10.9 Å². The second-order valence-electron chi connectivity index (χ2n) is 5.32. The molecule has 25 heavy (non-hydrogen) atoms. The average Bonchev–Trinajstić information content (AvgIpc) is 3.02. The summed E-state index contributed by atoms with van der Waals surface area (Å²) in [5.74, 6) is -0.521. The molecule has 0 aliphatic heterocycles. The van der Waals surface area contributed by atoms with Gasteiger partial charge in [-0.2, -0.15) is 0 Å². The van der Waals surface area contributed by atoms with E-state index < -0.39 is 11.8 Å². The summed E-state index contributed by atoms with van der Waals surface area (Å²) in [5, 5.41) is 10.4. The summed E-state index contributed by atoms with van der Waals surface area (Å²) in [6.07, 6.45) is 1.52. The van der Waals surface area contributed by atoms with Crippen LogP contribution >= 0.6 is 0 Å². The first kappa shape index (κ1) is 16.4.